The van der Waals surface area contributed by atoms with Crippen molar-refractivity contribution in [2.45, 2.75) is 0 Å². The normalized spacial score (nSPS) is 12.2. The van der Waals surface area contributed by atoms with Gasteiger partial charge in [-0.25, -0.2) is 15.0 Å². The number of fused-ring (bicyclic) bond motifs is 14. The number of nitrogens with zero attached hydrogens (tertiary/aromatic N) is 5. The molecule has 0 aliphatic carbocycles. The molecule has 0 radical (unpaired) electrons. The molecule has 4 heterocycles. The van der Waals surface area contributed by atoms with Crippen molar-refractivity contribution >= 4 is 87.0 Å². The molecule has 0 amide bonds. The Labute approximate surface area is 273 Å². The third-order valence-corrected chi connectivity index (χ3v) is 9.96. The highest BCUT2D eigenvalue weighted by Gasteiger charge is 2.25. The Bertz CT molecular complexity index is 3130. The Balaban J connectivity index is 1.36. The van der Waals surface area contributed by atoms with Crippen LogP contribution >= 0.6 is 0 Å². The molecular weight excluding hydrogens is 587 g/mol. The summed E-state index contributed by atoms with van der Waals surface area (Å²) in [6.07, 6.45) is 3.88. The molecule has 7 aromatic carbocycles. The number of rotatable bonds is 2. The summed E-state index contributed by atoms with van der Waals surface area (Å²) in [5.41, 5.74) is 6.19. The zero-order valence-corrected chi connectivity index (χ0v) is 25.7. The van der Waals surface area contributed by atoms with Crippen LogP contribution in [0.3, 0.4) is 0 Å². The smallest absolute Gasteiger partial charge is 0.235 e. The van der Waals surface area contributed by atoms with Crippen molar-refractivity contribution in [1.29, 1.82) is 0 Å². The lowest BCUT2D eigenvalue weighted by Gasteiger charge is -2.13. The fourth-order valence-electron chi connectivity index (χ4n) is 7.93. The number of aromatic nitrogens is 5. The van der Waals surface area contributed by atoms with Gasteiger partial charge in [-0.1, -0.05) is 103 Å². The van der Waals surface area contributed by atoms with E-state index in [1.807, 2.05) is 18.5 Å². The zero-order chi connectivity index (χ0) is 31.3. The third kappa shape index (κ3) is 3.37. The first-order valence-corrected chi connectivity index (χ1v) is 16.2. The Kier molecular flexibility index (Phi) is 5.05. The van der Waals surface area contributed by atoms with Crippen LogP contribution in [-0.2, 0) is 0 Å². The van der Waals surface area contributed by atoms with Crippen molar-refractivity contribution < 1.29 is 0 Å². The topological polar surface area (TPSA) is 48.5 Å². The molecule has 222 valence electrons. The molecule has 0 unspecified atom stereocenters. The van der Waals surface area contributed by atoms with Gasteiger partial charge in [0.15, 0.2) is 0 Å². The van der Waals surface area contributed by atoms with Gasteiger partial charge in [-0.2, -0.15) is 0 Å². The van der Waals surface area contributed by atoms with E-state index in [9.17, 15) is 0 Å². The van der Waals surface area contributed by atoms with Crippen LogP contribution in [0.2, 0.25) is 0 Å². The van der Waals surface area contributed by atoms with E-state index in [0.29, 0.717) is 5.95 Å². The quantitative estimate of drug-likeness (QED) is 0.183. The molecule has 0 spiro atoms. The van der Waals surface area contributed by atoms with Gasteiger partial charge >= 0.3 is 0 Å². The Hall–Kier alpha value is -6.59. The van der Waals surface area contributed by atoms with Gasteiger partial charge in [0.1, 0.15) is 5.65 Å². The highest BCUT2D eigenvalue weighted by atomic mass is 15.2. The molecule has 5 heteroatoms. The highest BCUT2D eigenvalue weighted by molar-refractivity contribution is 6.36. The molecule has 0 aliphatic rings. The Morgan fingerprint density at radius 1 is 0.438 bits per heavy atom. The highest BCUT2D eigenvalue weighted by Crippen LogP contribution is 2.46. The first kappa shape index (κ1) is 25.6. The van der Waals surface area contributed by atoms with Crippen LogP contribution in [0, 0.1) is 0 Å². The lowest BCUT2D eigenvalue weighted by molar-refractivity contribution is 1.01. The second kappa shape index (κ2) is 9.47. The van der Waals surface area contributed by atoms with Crippen LogP contribution in [0.1, 0.15) is 0 Å². The number of hydrogen-bond acceptors (Lipinski definition) is 3. The average molecular weight is 612 g/mol. The van der Waals surface area contributed by atoms with E-state index in [0.717, 1.165) is 54.9 Å². The molecule has 5 nitrogen and oxygen atoms in total. The number of para-hydroxylation sites is 1. The summed E-state index contributed by atoms with van der Waals surface area (Å²) < 4.78 is 4.61. The standard InChI is InChI=1S/C43H25N5/c1-2-12-28-24-29(21-19-26(28)10-1)47-40-32-15-6-5-14-31(32)38-33-16-7-8-18-37(33)48(41(38)39(40)34-17-9-23-44-42(34)47)43-45-25-35-30-13-4-3-11-27(30)20-22-36(35)46-43/h1-25H. The second-order valence-electron chi connectivity index (χ2n) is 12.5. The first-order chi connectivity index (χ1) is 23.8. The van der Waals surface area contributed by atoms with Crippen molar-refractivity contribution in [3.63, 3.8) is 0 Å². The zero-order valence-electron chi connectivity index (χ0n) is 25.7. The van der Waals surface area contributed by atoms with Gasteiger partial charge in [0.25, 0.3) is 0 Å². The predicted octanol–water partition coefficient (Wildman–Crippen LogP) is 10.7. The van der Waals surface area contributed by atoms with Crippen LogP contribution in [-0.4, -0.2) is 24.1 Å². The third-order valence-electron chi connectivity index (χ3n) is 9.96. The first-order valence-electron chi connectivity index (χ1n) is 16.2. The fourth-order valence-corrected chi connectivity index (χ4v) is 7.93. The predicted molar refractivity (Wildman–Crippen MR) is 199 cm³/mol. The molecule has 11 rings (SSSR count). The van der Waals surface area contributed by atoms with Crippen molar-refractivity contribution in [1.82, 2.24) is 24.1 Å². The Morgan fingerprint density at radius 2 is 1.15 bits per heavy atom. The minimum absolute atomic E-state index is 0.649. The van der Waals surface area contributed by atoms with Crippen molar-refractivity contribution in [3.8, 4) is 11.6 Å². The monoisotopic (exact) mass is 611 g/mol. The summed E-state index contributed by atoms with van der Waals surface area (Å²) in [7, 11) is 0. The summed E-state index contributed by atoms with van der Waals surface area (Å²) in [4.78, 5) is 15.4. The molecule has 0 N–H and O–H groups in total. The molecule has 0 atom stereocenters. The summed E-state index contributed by atoms with van der Waals surface area (Å²) in [6, 6.07) is 49.5. The van der Waals surface area contributed by atoms with E-state index in [1.54, 1.807) is 0 Å². The number of hydrogen-bond donors (Lipinski definition) is 0. The molecule has 0 saturated heterocycles. The van der Waals surface area contributed by atoms with Crippen LogP contribution in [0.15, 0.2) is 152 Å². The lowest BCUT2D eigenvalue weighted by atomic mass is 9.99. The second-order valence-corrected chi connectivity index (χ2v) is 12.5. The summed E-state index contributed by atoms with van der Waals surface area (Å²) in [6.45, 7) is 0. The molecule has 48 heavy (non-hydrogen) atoms. The van der Waals surface area contributed by atoms with E-state index < -0.39 is 0 Å². The van der Waals surface area contributed by atoms with Gasteiger partial charge < -0.3 is 0 Å². The molecule has 0 fully saturated rings. The van der Waals surface area contributed by atoms with Crippen molar-refractivity contribution in [2.24, 2.45) is 0 Å². The fraction of sp³-hybridized carbons (Fsp3) is 0. The van der Waals surface area contributed by atoms with Gasteiger partial charge in [0.2, 0.25) is 5.95 Å². The van der Waals surface area contributed by atoms with Gasteiger partial charge in [0.05, 0.1) is 22.1 Å². The maximum absolute atomic E-state index is 5.26. The maximum Gasteiger partial charge on any atom is 0.235 e. The van der Waals surface area contributed by atoms with Crippen LogP contribution < -0.4 is 0 Å². The molecular formula is C43H25N5. The van der Waals surface area contributed by atoms with E-state index >= 15 is 0 Å². The van der Waals surface area contributed by atoms with Crippen LogP contribution in [0.4, 0.5) is 0 Å². The van der Waals surface area contributed by atoms with E-state index in [4.69, 9.17) is 15.0 Å². The molecule has 0 saturated carbocycles. The molecule has 0 bridgehead atoms. The Morgan fingerprint density at radius 3 is 2.04 bits per heavy atom. The summed E-state index contributed by atoms with van der Waals surface area (Å²) in [5, 5.41) is 12.7. The SMILES string of the molecule is c1ccc2cc(-n3c4ncccc4c4c5c(c6ccccc6c43)c3ccccc3n5-c3ncc4c(ccc5ccccc54)n3)ccc2c1. The molecule has 0 aliphatic heterocycles. The van der Waals surface area contributed by atoms with Gasteiger partial charge in [-0.15, -0.1) is 0 Å². The van der Waals surface area contributed by atoms with E-state index in [1.165, 1.54) is 37.7 Å². The minimum Gasteiger partial charge on any atom is -0.293 e. The van der Waals surface area contributed by atoms with Crippen LogP contribution in [0.25, 0.3) is 98.6 Å². The van der Waals surface area contributed by atoms with Gasteiger partial charge in [-0.05, 0) is 63.3 Å². The summed E-state index contributed by atoms with van der Waals surface area (Å²) >= 11 is 0. The minimum atomic E-state index is 0.649. The summed E-state index contributed by atoms with van der Waals surface area (Å²) in [5.74, 6) is 0.649. The van der Waals surface area contributed by atoms with E-state index in [2.05, 4.69) is 143 Å². The molecule has 4 aromatic heterocycles. The average Bonchev–Trinajstić information content (AvgIpc) is 3.68. The number of pyridine rings is 1. The molecule has 11 aromatic rings. The lowest BCUT2D eigenvalue weighted by Crippen LogP contribution is -2.02. The maximum atomic E-state index is 5.26. The van der Waals surface area contributed by atoms with Gasteiger partial charge in [0, 0.05) is 50.4 Å². The largest absolute Gasteiger partial charge is 0.293 e. The van der Waals surface area contributed by atoms with E-state index in [-0.39, 0.29) is 0 Å². The number of benzene rings is 7. The van der Waals surface area contributed by atoms with Crippen molar-refractivity contribution in [2.75, 3.05) is 0 Å². The van der Waals surface area contributed by atoms with Crippen LogP contribution in [0.5, 0.6) is 0 Å². The van der Waals surface area contributed by atoms with Gasteiger partial charge in [-0.3, -0.25) is 9.13 Å². The van der Waals surface area contributed by atoms with Crippen molar-refractivity contribution in [3.05, 3.63) is 152 Å².